The van der Waals surface area contributed by atoms with E-state index in [2.05, 4.69) is 15.4 Å². The van der Waals surface area contributed by atoms with Gasteiger partial charge in [0.25, 0.3) is 11.5 Å². The van der Waals surface area contributed by atoms with E-state index >= 15 is 0 Å². The van der Waals surface area contributed by atoms with E-state index in [9.17, 15) is 22.8 Å². The van der Waals surface area contributed by atoms with E-state index in [0.29, 0.717) is 16.4 Å². The third-order valence-corrected chi connectivity index (χ3v) is 4.51. The smallest absolute Gasteiger partial charge is 0.351 e. The van der Waals surface area contributed by atoms with Gasteiger partial charge in [-0.2, -0.15) is 18.3 Å². The maximum atomic E-state index is 12.6. The van der Waals surface area contributed by atoms with Crippen molar-refractivity contribution in [2.45, 2.75) is 26.6 Å². The first-order valence-electron chi connectivity index (χ1n) is 7.61. The average molecular weight is 385 g/mol. The number of thiazole rings is 1. The van der Waals surface area contributed by atoms with Gasteiger partial charge in [0, 0.05) is 23.7 Å². The highest BCUT2D eigenvalue weighted by atomic mass is 32.1. The highest BCUT2D eigenvalue weighted by Gasteiger charge is 2.33. The fraction of sp³-hybridized carbons (Fsp3) is 0.333. The van der Waals surface area contributed by atoms with Crippen LogP contribution >= 0.6 is 11.3 Å². The third kappa shape index (κ3) is 3.34. The molecule has 26 heavy (non-hydrogen) atoms. The maximum Gasteiger partial charge on any atom is 0.435 e. The van der Waals surface area contributed by atoms with Crippen LogP contribution in [-0.4, -0.2) is 31.6 Å². The summed E-state index contributed by atoms with van der Waals surface area (Å²) in [5.41, 5.74) is -1.01. The first-order chi connectivity index (χ1) is 12.2. The minimum absolute atomic E-state index is 0.0880. The number of nitrogens with one attached hydrogen (secondary N) is 1. The monoisotopic (exact) mass is 385 g/mol. The lowest BCUT2D eigenvalue weighted by atomic mass is 10.3. The number of hydrogen-bond acceptors (Lipinski definition) is 5. The molecule has 1 amide bonds. The molecule has 11 heteroatoms. The number of amides is 1. The molecule has 0 fully saturated rings. The summed E-state index contributed by atoms with van der Waals surface area (Å²) in [6.07, 6.45) is -3.36. The molecule has 0 atom stereocenters. The number of carbonyl (C=O) groups is 1. The largest absolute Gasteiger partial charge is 0.435 e. The Kier molecular flexibility index (Phi) is 4.57. The molecule has 3 rings (SSSR count). The van der Waals surface area contributed by atoms with Gasteiger partial charge in [-0.15, -0.1) is 11.3 Å². The molecule has 3 aromatic heterocycles. The number of rotatable bonds is 4. The zero-order valence-electron chi connectivity index (χ0n) is 13.8. The van der Waals surface area contributed by atoms with Crippen LogP contribution in [0.2, 0.25) is 0 Å². The van der Waals surface area contributed by atoms with Gasteiger partial charge >= 0.3 is 6.18 Å². The Morgan fingerprint density at radius 2 is 2.12 bits per heavy atom. The van der Waals surface area contributed by atoms with Crippen molar-refractivity contribution in [3.05, 3.63) is 50.6 Å². The van der Waals surface area contributed by atoms with Crippen LogP contribution < -0.4 is 10.9 Å². The Labute approximate surface area is 149 Å². The van der Waals surface area contributed by atoms with E-state index in [0.717, 1.165) is 22.1 Å². The molecule has 0 aliphatic heterocycles. The molecular weight excluding hydrogens is 371 g/mol. The summed E-state index contributed by atoms with van der Waals surface area (Å²) >= 11 is 1.16. The quantitative estimate of drug-likeness (QED) is 0.746. The zero-order chi connectivity index (χ0) is 19.1. The van der Waals surface area contributed by atoms with Crippen molar-refractivity contribution in [1.82, 2.24) is 24.5 Å². The van der Waals surface area contributed by atoms with Gasteiger partial charge in [0.05, 0.1) is 12.2 Å². The van der Waals surface area contributed by atoms with Crippen molar-refractivity contribution in [1.29, 1.82) is 0 Å². The van der Waals surface area contributed by atoms with Gasteiger partial charge in [-0.05, 0) is 19.9 Å². The van der Waals surface area contributed by atoms with Crippen molar-refractivity contribution in [3.63, 3.8) is 0 Å². The van der Waals surface area contributed by atoms with E-state index in [-0.39, 0.29) is 23.8 Å². The molecule has 1 N–H and O–H groups in total. The van der Waals surface area contributed by atoms with Gasteiger partial charge in [-0.3, -0.25) is 14.3 Å². The maximum absolute atomic E-state index is 12.6. The van der Waals surface area contributed by atoms with E-state index in [1.165, 1.54) is 16.7 Å². The lowest BCUT2D eigenvalue weighted by Crippen LogP contribution is -2.28. The van der Waals surface area contributed by atoms with Crippen LogP contribution in [-0.2, 0) is 12.7 Å². The van der Waals surface area contributed by atoms with Crippen LogP contribution in [0.5, 0.6) is 0 Å². The van der Waals surface area contributed by atoms with E-state index < -0.39 is 17.4 Å². The van der Waals surface area contributed by atoms with Gasteiger partial charge in [0.2, 0.25) is 0 Å². The number of hydrogen-bond donors (Lipinski definition) is 1. The summed E-state index contributed by atoms with van der Waals surface area (Å²) in [5.74, 6) is -0.380. The predicted molar refractivity (Wildman–Crippen MR) is 88.4 cm³/mol. The van der Waals surface area contributed by atoms with Crippen LogP contribution in [0, 0.1) is 6.92 Å². The number of nitrogens with zero attached hydrogens (tertiary/aromatic N) is 4. The second-order valence-electron chi connectivity index (χ2n) is 5.47. The van der Waals surface area contributed by atoms with Gasteiger partial charge in [-0.25, -0.2) is 9.38 Å². The fourth-order valence-corrected chi connectivity index (χ4v) is 3.47. The minimum Gasteiger partial charge on any atom is -0.351 e. The molecule has 0 aliphatic carbocycles. The van der Waals surface area contributed by atoms with Crippen LogP contribution in [0.15, 0.2) is 23.1 Å². The van der Waals surface area contributed by atoms with Crippen molar-refractivity contribution in [2.75, 3.05) is 6.54 Å². The molecule has 0 spiro atoms. The molecule has 0 unspecified atom stereocenters. The standard InChI is InChI=1S/C15H14F3N5O2S/c1-3-19-13(25)12-8(2)26-14-20-9(6-11(24)23(12)14)7-22-5-4-10(21-22)15(16,17)18/h4-6H,3,7H2,1-2H3,(H,19,25). The van der Waals surface area contributed by atoms with Crippen LogP contribution in [0.4, 0.5) is 13.2 Å². The highest BCUT2D eigenvalue weighted by molar-refractivity contribution is 7.17. The number of carbonyl (C=O) groups excluding carboxylic acids is 1. The normalized spacial score (nSPS) is 11.9. The molecule has 0 radical (unpaired) electrons. The van der Waals surface area contributed by atoms with Gasteiger partial charge in [0.15, 0.2) is 10.7 Å². The molecule has 0 saturated heterocycles. The molecule has 3 aromatic rings. The summed E-state index contributed by atoms with van der Waals surface area (Å²) in [6.45, 7) is 3.79. The zero-order valence-corrected chi connectivity index (χ0v) is 14.6. The Balaban J connectivity index is 1.98. The van der Waals surface area contributed by atoms with Crippen molar-refractivity contribution >= 4 is 22.2 Å². The second-order valence-corrected chi connectivity index (χ2v) is 6.65. The Bertz CT molecular complexity index is 1030. The van der Waals surface area contributed by atoms with Crippen LogP contribution in [0.25, 0.3) is 4.96 Å². The molecule has 0 bridgehead atoms. The SMILES string of the molecule is CCNC(=O)c1c(C)sc2nc(Cn3ccc(C(F)(F)F)n3)cc(=O)n12. The summed E-state index contributed by atoms with van der Waals surface area (Å²) < 4.78 is 40.1. The number of fused-ring (bicyclic) bond motifs is 1. The first kappa shape index (κ1) is 18.1. The molecule has 3 heterocycles. The minimum atomic E-state index is -4.53. The Hall–Kier alpha value is -2.69. The molecule has 0 saturated carbocycles. The highest BCUT2D eigenvalue weighted by Crippen LogP contribution is 2.27. The topological polar surface area (TPSA) is 81.3 Å². The summed E-state index contributed by atoms with van der Waals surface area (Å²) in [4.78, 5) is 29.8. The lowest BCUT2D eigenvalue weighted by molar-refractivity contribution is -0.141. The molecular formula is C15H14F3N5O2S. The lowest BCUT2D eigenvalue weighted by Gasteiger charge is -2.05. The van der Waals surface area contributed by atoms with Crippen molar-refractivity contribution < 1.29 is 18.0 Å². The number of halogens is 3. The van der Waals surface area contributed by atoms with E-state index in [1.54, 1.807) is 13.8 Å². The first-order valence-corrected chi connectivity index (χ1v) is 8.43. The predicted octanol–water partition coefficient (Wildman–Crippen LogP) is 2.08. The van der Waals surface area contributed by atoms with E-state index in [4.69, 9.17) is 0 Å². The van der Waals surface area contributed by atoms with Crippen molar-refractivity contribution in [2.24, 2.45) is 0 Å². The fourth-order valence-electron chi connectivity index (χ4n) is 2.48. The summed E-state index contributed by atoms with van der Waals surface area (Å²) in [5, 5.41) is 6.08. The number of aromatic nitrogens is 4. The van der Waals surface area contributed by atoms with Crippen LogP contribution in [0.1, 0.15) is 33.7 Å². The van der Waals surface area contributed by atoms with Gasteiger partial charge in [0.1, 0.15) is 5.69 Å². The van der Waals surface area contributed by atoms with Crippen molar-refractivity contribution in [3.8, 4) is 0 Å². The van der Waals surface area contributed by atoms with Gasteiger partial charge in [-0.1, -0.05) is 0 Å². The Morgan fingerprint density at radius 1 is 1.38 bits per heavy atom. The Morgan fingerprint density at radius 3 is 2.73 bits per heavy atom. The summed E-state index contributed by atoms with van der Waals surface area (Å²) in [6, 6.07) is 2.05. The van der Waals surface area contributed by atoms with Gasteiger partial charge < -0.3 is 5.32 Å². The van der Waals surface area contributed by atoms with E-state index in [1.807, 2.05) is 0 Å². The third-order valence-electron chi connectivity index (χ3n) is 3.55. The second kappa shape index (κ2) is 6.56. The van der Waals surface area contributed by atoms with Crippen LogP contribution in [0.3, 0.4) is 0 Å². The molecule has 0 aliphatic rings. The summed E-state index contributed by atoms with van der Waals surface area (Å²) in [7, 11) is 0. The molecule has 138 valence electrons. The number of aryl methyl sites for hydroxylation is 1. The average Bonchev–Trinajstić information content (AvgIpc) is 3.11. The molecule has 7 nitrogen and oxygen atoms in total. The number of alkyl halides is 3. The molecule has 0 aromatic carbocycles.